The van der Waals surface area contributed by atoms with Crippen LogP contribution in [0.3, 0.4) is 0 Å². The molecule has 1 nitrogen and oxygen atoms in total. The standard InChI is InChI=1S/C12H11BrClN/c1-7(2)11-8-4-3-5-10(14)12(8)15-6-9(11)13/h3-7H,1-2H3. The molecule has 0 bridgehead atoms. The third-order valence-electron chi connectivity index (χ3n) is 2.42. The average Bonchev–Trinajstić information content (AvgIpc) is 2.17. The highest BCUT2D eigenvalue weighted by atomic mass is 79.9. The quantitative estimate of drug-likeness (QED) is 0.735. The van der Waals surface area contributed by atoms with Crippen molar-refractivity contribution >= 4 is 38.4 Å². The van der Waals surface area contributed by atoms with E-state index < -0.39 is 0 Å². The largest absolute Gasteiger partial charge is 0.253 e. The van der Waals surface area contributed by atoms with E-state index in [-0.39, 0.29) is 0 Å². The molecule has 1 aromatic carbocycles. The molecule has 0 fully saturated rings. The Labute approximate surface area is 103 Å². The van der Waals surface area contributed by atoms with E-state index in [9.17, 15) is 0 Å². The van der Waals surface area contributed by atoms with Crippen LogP contribution in [0, 0.1) is 0 Å². The van der Waals surface area contributed by atoms with Gasteiger partial charge in [-0.25, -0.2) is 0 Å². The van der Waals surface area contributed by atoms with Gasteiger partial charge in [-0.15, -0.1) is 0 Å². The fourth-order valence-corrected chi connectivity index (χ4v) is 2.77. The van der Waals surface area contributed by atoms with Crippen LogP contribution in [0.15, 0.2) is 28.9 Å². The van der Waals surface area contributed by atoms with E-state index in [0.29, 0.717) is 10.9 Å². The van der Waals surface area contributed by atoms with Gasteiger partial charge in [0.2, 0.25) is 0 Å². The van der Waals surface area contributed by atoms with Crippen molar-refractivity contribution in [3.63, 3.8) is 0 Å². The minimum absolute atomic E-state index is 0.448. The van der Waals surface area contributed by atoms with Crippen molar-refractivity contribution in [3.05, 3.63) is 39.5 Å². The highest BCUT2D eigenvalue weighted by Crippen LogP contribution is 2.33. The van der Waals surface area contributed by atoms with Crippen LogP contribution >= 0.6 is 27.5 Å². The summed E-state index contributed by atoms with van der Waals surface area (Å²) >= 11 is 9.65. The Kier molecular flexibility index (Phi) is 2.98. The minimum Gasteiger partial charge on any atom is -0.253 e. The monoisotopic (exact) mass is 283 g/mol. The molecule has 0 N–H and O–H groups in total. The molecule has 0 amide bonds. The van der Waals surface area contributed by atoms with Gasteiger partial charge in [0.1, 0.15) is 0 Å². The third-order valence-corrected chi connectivity index (χ3v) is 3.36. The molecule has 2 aromatic rings. The van der Waals surface area contributed by atoms with Gasteiger partial charge < -0.3 is 0 Å². The lowest BCUT2D eigenvalue weighted by Crippen LogP contribution is -1.93. The highest BCUT2D eigenvalue weighted by Gasteiger charge is 2.11. The summed E-state index contributed by atoms with van der Waals surface area (Å²) in [5.41, 5.74) is 2.15. The fraction of sp³-hybridized carbons (Fsp3) is 0.250. The number of pyridine rings is 1. The third kappa shape index (κ3) is 1.88. The van der Waals surface area contributed by atoms with E-state index in [1.807, 2.05) is 18.3 Å². The molecule has 0 radical (unpaired) electrons. The summed E-state index contributed by atoms with van der Waals surface area (Å²) in [5, 5.41) is 1.84. The number of halogens is 2. The predicted octanol–water partition coefficient (Wildman–Crippen LogP) is 4.77. The Balaban J connectivity index is 2.88. The molecule has 78 valence electrons. The second-order valence-electron chi connectivity index (χ2n) is 3.81. The average molecular weight is 285 g/mol. The second kappa shape index (κ2) is 4.11. The zero-order valence-corrected chi connectivity index (χ0v) is 10.9. The van der Waals surface area contributed by atoms with Crippen molar-refractivity contribution in [1.82, 2.24) is 4.98 Å². The predicted molar refractivity (Wildman–Crippen MR) is 68.5 cm³/mol. The van der Waals surface area contributed by atoms with Crippen molar-refractivity contribution in [3.8, 4) is 0 Å². The minimum atomic E-state index is 0.448. The van der Waals surface area contributed by atoms with Crippen molar-refractivity contribution in [2.24, 2.45) is 0 Å². The molecule has 0 atom stereocenters. The Bertz CT molecular complexity index is 508. The maximum absolute atomic E-state index is 6.11. The molecule has 3 heteroatoms. The van der Waals surface area contributed by atoms with E-state index in [2.05, 4.69) is 40.8 Å². The molecule has 0 aliphatic carbocycles. The first kappa shape index (κ1) is 10.9. The lowest BCUT2D eigenvalue weighted by molar-refractivity contribution is 0.868. The maximum Gasteiger partial charge on any atom is 0.0891 e. The summed E-state index contributed by atoms with van der Waals surface area (Å²) in [4.78, 5) is 4.34. The molecule has 0 unspecified atom stereocenters. The molecular formula is C12H11BrClN. The van der Waals surface area contributed by atoms with Crippen LogP contribution < -0.4 is 0 Å². The molecule has 0 aliphatic rings. The van der Waals surface area contributed by atoms with E-state index in [0.717, 1.165) is 15.4 Å². The van der Waals surface area contributed by atoms with Crippen molar-refractivity contribution in [2.45, 2.75) is 19.8 Å². The van der Waals surface area contributed by atoms with Gasteiger partial charge in [0.25, 0.3) is 0 Å². The number of hydrogen-bond acceptors (Lipinski definition) is 1. The summed E-state index contributed by atoms with van der Waals surface area (Å²) in [6.45, 7) is 4.33. The van der Waals surface area contributed by atoms with Gasteiger partial charge in [-0.05, 0) is 33.5 Å². The fourth-order valence-electron chi connectivity index (χ4n) is 1.77. The molecule has 1 aromatic heterocycles. The zero-order valence-electron chi connectivity index (χ0n) is 8.59. The van der Waals surface area contributed by atoms with Gasteiger partial charge in [-0.2, -0.15) is 0 Å². The van der Waals surface area contributed by atoms with Gasteiger partial charge in [0.05, 0.1) is 10.5 Å². The van der Waals surface area contributed by atoms with E-state index in [1.54, 1.807) is 0 Å². The van der Waals surface area contributed by atoms with Crippen LogP contribution in [-0.2, 0) is 0 Å². The number of hydrogen-bond donors (Lipinski definition) is 0. The molecule has 0 saturated carbocycles. The molecule has 2 rings (SSSR count). The molecule has 0 spiro atoms. The summed E-state index contributed by atoms with van der Waals surface area (Å²) in [6, 6.07) is 5.90. The summed E-state index contributed by atoms with van der Waals surface area (Å²) < 4.78 is 1.05. The summed E-state index contributed by atoms with van der Waals surface area (Å²) in [7, 11) is 0. The van der Waals surface area contributed by atoms with E-state index in [4.69, 9.17) is 11.6 Å². The van der Waals surface area contributed by atoms with Crippen LogP contribution in [0.5, 0.6) is 0 Å². The first-order valence-electron chi connectivity index (χ1n) is 4.84. The number of nitrogens with zero attached hydrogens (tertiary/aromatic N) is 1. The first-order chi connectivity index (χ1) is 7.11. The summed E-state index contributed by atoms with van der Waals surface area (Å²) in [6.07, 6.45) is 1.82. The number of benzene rings is 1. The molecular weight excluding hydrogens is 273 g/mol. The zero-order chi connectivity index (χ0) is 11.0. The molecule has 0 saturated heterocycles. The summed E-state index contributed by atoms with van der Waals surface area (Å²) in [5.74, 6) is 0.448. The normalized spacial score (nSPS) is 11.3. The smallest absolute Gasteiger partial charge is 0.0891 e. The number of fused-ring (bicyclic) bond motifs is 1. The van der Waals surface area contributed by atoms with Gasteiger partial charge in [-0.1, -0.05) is 37.6 Å². The number of rotatable bonds is 1. The van der Waals surface area contributed by atoms with E-state index >= 15 is 0 Å². The van der Waals surface area contributed by atoms with E-state index in [1.165, 1.54) is 5.56 Å². The SMILES string of the molecule is CC(C)c1c(Br)cnc2c(Cl)cccc12. The van der Waals surface area contributed by atoms with Crippen LogP contribution in [0.4, 0.5) is 0 Å². The lowest BCUT2D eigenvalue weighted by atomic mass is 9.99. The molecule has 0 aliphatic heterocycles. The van der Waals surface area contributed by atoms with Gasteiger partial charge in [0, 0.05) is 16.1 Å². The second-order valence-corrected chi connectivity index (χ2v) is 5.07. The Morgan fingerprint density at radius 3 is 2.73 bits per heavy atom. The van der Waals surface area contributed by atoms with Crippen LogP contribution in [0.1, 0.15) is 25.3 Å². The van der Waals surface area contributed by atoms with Gasteiger partial charge in [0.15, 0.2) is 0 Å². The maximum atomic E-state index is 6.11. The highest BCUT2D eigenvalue weighted by molar-refractivity contribution is 9.10. The Hall–Kier alpha value is -0.600. The Morgan fingerprint density at radius 2 is 2.07 bits per heavy atom. The Morgan fingerprint density at radius 1 is 1.33 bits per heavy atom. The van der Waals surface area contributed by atoms with Crippen LogP contribution in [0.25, 0.3) is 10.9 Å². The van der Waals surface area contributed by atoms with Crippen molar-refractivity contribution in [1.29, 1.82) is 0 Å². The van der Waals surface area contributed by atoms with Gasteiger partial charge >= 0.3 is 0 Å². The molecule has 15 heavy (non-hydrogen) atoms. The lowest BCUT2D eigenvalue weighted by Gasteiger charge is -2.12. The first-order valence-corrected chi connectivity index (χ1v) is 6.01. The molecule has 1 heterocycles. The topological polar surface area (TPSA) is 12.9 Å². The van der Waals surface area contributed by atoms with Crippen LogP contribution in [0.2, 0.25) is 5.02 Å². The number of aromatic nitrogens is 1. The van der Waals surface area contributed by atoms with Crippen molar-refractivity contribution in [2.75, 3.05) is 0 Å². The van der Waals surface area contributed by atoms with Gasteiger partial charge in [-0.3, -0.25) is 4.98 Å². The van der Waals surface area contributed by atoms with Crippen molar-refractivity contribution < 1.29 is 0 Å². The number of para-hydroxylation sites is 1. The van der Waals surface area contributed by atoms with Crippen LogP contribution in [-0.4, -0.2) is 4.98 Å².